The first-order chi connectivity index (χ1) is 9.82. The van der Waals surface area contributed by atoms with Crippen LogP contribution in [-0.4, -0.2) is 23.2 Å². The molecule has 1 N–H and O–H groups in total. The normalized spacial score (nSPS) is 11.2. The lowest BCUT2D eigenvalue weighted by Gasteiger charge is -2.13. The minimum Gasteiger partial charge on any atom is -0.496 e. The molecular weight excluding hydrogens is 287 g/mol. The molecule has 0 amide bonds. The summed E-state index contributed by atoms with van der Waals surface area (Å²) in [4.78, 5) is 14.4. The van der Waals surface area contributed by atoms with E-state index in [1.165, 1.54) is 30.5 Å². The third-order valence-electron chi connectivity index (χ3n) is 2.82. The van der Waals surface area contributed by atoms with Crippen molar-refractivity contribution in [2.24, 2.45) is 0 Å². The molecule has 21 heavy (non-hydrogen) atoms. The number of benzene rings is 1. The van der Waals surface area contributed by atoms with Gasteiger partial charge in [-0.15, -0.1) is 0 Å². The molecule has 2 rings (SSSR count). The van der Waals surface area contributed by atoms with Gasteiger partial charge in [-0.25, -0.2) is 9.78 Å². The van der Waals surface area contributed by atoms with E-state index < -0.39 is 17.7 Å². The number of hydrogen-bond donors (Lipinski definition) is 1. The molecule has 0 fully saturated rings. The second kappa shape index (κ2) is 5.43. The maximum atomic E-state index is 12.9. The number of carboxylic acid groups (broad SMARTS) is 1. The average molecular weight is 297 g/mol. The van der Waals surface area contributed by atoms with Gasteiger partial charge in [0.1, 0.15) is 11.4 Å². The Labute approximate surface area is 117 Å². The third-order valence-corrected chi connectivity index (χ3v) is 2.82. The summed E-state index contributed by atoms with van der Waals surface area (Å²) in [6, 6.07) is 6.23. The molecule has 0 saturated carbocycles. The highest BCUT2D eigenvalue weighted by Crippen LogP contribution is 2.38. The fourth-order valence-corrected chi connectivity index (χ4v) is 1.80. The predicted molar refractivity (Wildman–Crippen MR) is 68.2 cm³/mol. The Bertz CT molecular complexity index is 666. The number of alkyl halides is 3. The van der Waals surface area contributed by atoms with Crippen LogP contribution >= 0.6 is 0 Å². The van der Waals surface area contributed by atoms with Gasteiger partial charge < -0.3 is 9.84 Å². The highest BCUT2D eigenvalue weighted by atomic mass is 19.4. The summed E-state index contributed by atoms with van der Waals surface area (Å²) in [5.74, 6) is -1.48. The largest absolute Gasteiger partial charge is 0.496 e. The third kappa shape index (κ3) is 3.13. The number of aromatic carboxylic acids is 1. The van der Waals surface area contributed by atoms with Gasteiger partial charge in [-0.05, 0) is 23.8 Å². The summed E-state index contributed by atoms with van der Waals surface area (Å²) in [7, 11) is 1.16. The van der Waals surface area contributed by atoms with Crippen LogP contribution in [0.15, 0.2) is 36.5 Å². The minimum atomic E-state index is -4.55. The van der Waals surface area contributed by atoms with E-state index in [-0.39, 0.29) is 17.0 Å². The molecule has 0 radical (unpaired) electrons. The predicted octanol–water partition coefficient (Wildman–Crippen LogP) is 3.47. The zero-order valence-electron chi connectivity index (χ0n) is 10.8. The number of halogens is 3. The topological polar surface area (TPSA) is 59.4 Å². The van der Waals surface area contributed by atoms with Crippen molar-refractivity contribution in [3.8, 4) is 16.9 Å². The van der Waals surface area contributed by atoms with Gasteiger partial charge in [-0.3, -0.25) is 0 Å². The zero-order valence-corrected chi connectivity index (χ0v) is 10.8. The van der Waals surface area contributed by atoms with E-state index in [0.29, 0.717) is 5.56 Å². The van der Waals surface area contributed by atoms with Crippen LogP contribution in [0.1, 0.15) is 16.1 Å². The lowest BCUT2D eigenvalue weighted by atomic mass is 10.0. The van der Waals surface area contributed by atoms with Crippen molar-refractivity contribution in [1.29, 1.82) is 0 Å². The Kier molecular flexibility index (Phi) is 3.84. The van der Waals surface area contributed by atoms with Gasteiger partial charge in [0.25, 0.3) is 0 Å². The molecule has 2 aromatic rings. The van der Waals surface area contributed by atoms with Gasteiger partial charge in [-0.1, -0.05) is 12.1 Å². The number of ether oxygens (including phenoxy) is 1. The number of rotatable bonds is 3. The van der Waals surface area contributed by atoms with Crippen LogP contribution in [0.4, 0.5) is 13.2 Å². The first kappa shape index (κ1) is 14.8. The number of aromatic nitrogens is 1. The van der Waals surface area contributed by atoms with E-state index in [9.17, 15) is 18.0 Å². The molecule has 7 heteroatoms. The Hall–Kier alpha value is -2.57. The molecule has 0 aliphatic heterocycles. The second-order valence-electron chi connectivity index (χ2n) is 4.15. The standard InChI is InChI=1S/C14H10F3NO3/c1-21-12-5-3-8(6-10(12)14(15,16)17)9-2-4-11(13(19)20)18-7-9/h2-7H,1H3,(H,19,20). The maximum absolute atomic E-state index is 12.9. The molecular formula is C14H10F3NO3. The Morgan fingerprint density at radius 2 is 1.86 bits per heavy atom. The van der Waals surface area contributed by atoms with E-state index in [0.717, 1.165) is 13.2 Å². The van der Waals surface area contributed by atoms with E-state index in [4.69, 9.17) is 9.84 Å². The highest BCUT2D eigenvalue weighted by Gasteiger charge is 2.34. The molecule has 0 aliphatic carbocycles. The molecule has 4 nitrogen and oxygen atoms in total. The average Bonchev–Trinajstić information content (AvgIpc) is 2.45. The molecule has 1 aromatic heterocycles. The van der Waals surface area contributed by atoms with E-state index in [1.54, 1.807) is 0 Å². The summed E-state index contributed by atoms with van der Waals surface area (Å²) in [6.45, 7) is 0. The number of carbonyl (C=O) groups is 1. The quantitative estimate of drug-likeness (QED) is 0.942. The van der Waals surface area contributed by atoms with Crippen molar-refractivity contribution in [2.75, 3.05) is 7.11 Å². The van der Waals surface area contributed by atoms with E-state index in [1.807, 2.05) is 0 Å². The molecule has 0 spiro atoms. The van der Waals surface area contributed by atoms with Crippen LogP contribution in [0.25, 0.3) is 11.1 Å². The van der Waals surface area contributed by atoms with Crippen LogP contribution in [0.2, 0.25) is 0 Å². The summed E-state index contributed by atoms with van der Waals surface area (Å²) in [5, 5.41) is 8.74. The van der Waals surface area contributed by atoms with Crippen molar-refractivity contribution >= 4 is 5.97 Å². The molecule has 1 aromatic carbocycles. The minimum absolute atomic E-state index is 0.177. The lowest BCUT2D eigenvalue weighted by Crippen LogP contribution is -2.07. The van der Waals surface area contributed by atoms with Crippen LogP contribution in [0, 0.1) is 0 Å². The van der Waals surface area contributed by atoms with Crippen LogP contribution in [0.3, 0.4) is 0 Å². The van der Waals surface area contributed by atoms with E-state index in [2.05, 4.69) is 4.98 Å². The summed E-state index contributed by atoms with van der Waals surface area (Å²) < 4.78 is 43.5. The van der Waals surface area contributed by atoms with Crippen molar-refractivity contribution in [2.45, 2.75) is 6.18 Å². The zero-order chi connectivity index (χ0) is 15.6. The van der Waals surface area contributed by atoms with Crippen LogP contribution < -0.4 is 4.74 Å². The van der Waals surface area contributed by atoms with Crippen molar-refractivity contribution in [3.63, 3.8) is 0 Å². The molecule has 110 valence electrons. The summed E-state index contributed by atoms with van der Waals surface area (Å²) in [6.07, 6.45) is -3.33. The second-order valence-corrected chi connectivity index (χ2v) is 4.15. The number of nitrogens with zero attached hydrogens (tertiary/aromatic N) is 1. The molecule has 0 aliphatic rings. The van der Waals surface area contributed by atoms with Crippen molar-refractivity contribution < 1.29 is 27.8 Å². The van der Waals surface area contributed by atoms with Gasteiger partial charge in [0, 0.05) is 11.8 Å². The van der Waals surface area contributed by atoms with Gasteiger partial charge in [0.05, 0.1) is 12.7 Å². The molecule has 0 saturated heterocycles. The fourth-order valence-electron chi connectivity index (χ4n) is 1.80. The molecule has 0 unspecified atom stereocenters. The van der Waals surface area contributed by atoms with Crippen LogP contribution in [0.5, 0.6) is 5.75 Å². The van der Waals surface area contributed by atoms with Crippen molar-refractivity contribution in [3.05, 3.63) is 47.8 Å². The Morgan fingerprint density at radius 1 is 1.19 bits per heavy atom. The Morgan fingerprint density at radius 3 is 2.33 bits per heavy atom. The highest BCUT2D eigenvalue weighted by molar-refractivity contribution is 5.85. The summed E-state index contributed by atoms with van der Waals surface area (Å²) >= 11 is 0. The van der Waals surface area contributed by atoms with Gasteiger partial charge >= 0.3 is 12.1 Å². The van der Waals surface area contributed by atoms with E-state index >= 15 is 0 Å². The molecule has 0 bridgehead atoms. The molecule has 0 atom stereocenters. The maximum Gasteiger partial charge on any atom is 0.419 e. The van der Waals surface area contributed by atoms with Gasteiger partial charge in [0.15, 0.2) is 0 Å². The first-order valence-electron chi connectivity index (χ1n) is 5.78. The van der Waals surface area contributed by atoms with Crippen molar-refractivity contribution in [1.82, 2.24) is 4.98 Å². The van der Waals surface area contributed by atoms with Gasteiger partial charge in [0.2, 0.25) is 0 Å². The number of hydrogen-bond acceptors (Lipinski definition) is 3. The smallest absolute Gasteiger partial charge is 0.419 e. The number of pyridine rings is 1. The van der Waals surface area contributed by atoms with Gasteiger partial charge in [-0.2, -0.15) is 13.2 Å². The van der Waals surface area contributed by atoms with Crippen LogP contribution in [-0.2, 0) is 6.18 Å². The first-order valence-corrected chi connectivity index (χ1v) is 5.78. The lowest BCUT2D eigenvalue weighted by molar-refractivity contribution is -0.138. The number of carboxylic acids is 1. The molecule has 1 heterocycles. The summed E-state index contributed by atoms with van der Waals surface area (Å²) in [5.41, 5.74) is -0.422. The fraction of sp³-hybridized carbons (Fsp3) is 0.143. The Balaban J connectivity index is 2.47. The number of methoxy groups -OCH3 is 1. The monoisotopic (exact) mass is 297 g/mol. The SMILES string of the molecule is COc1ccc(-c2ccc(C(=O)O)nc2)cc1C(F)(F)F.